The number of amides is 1. The van der Waals surface area contributed by atoms with Gasteiger partial charge in [-0.2, -0.15) is 0 Å². The molecule has 10 heteroatoms. The zero-order valence-electron chi connectivity index (χ0n) is 16.0. The van der Waals surface area contributed by atoms with Crippen LogP contribution in [0.2, 0.25) is 0 Å². The maximum absolute atomic E-state index is 12.5. The van der Waals surface area contributed by atoms with Crippen LogP contribution in [0, 0.1) is 10.8 Å². The Balaban J connectivity index is 2.65. The van der Waals surface area contributed by atoms with E-state index in [1.54, 1.807) is 41.5 Å². The highest BCUT2D eigenvalue weighted by molar-refractivity contribution is 7.91. The van der Waals surface area contributed by atoms with Crippen LogP contribution in [-0.2, 0) is 19.6 Å². The molecule has 0 unspecified atom stereocenters. The molecule has 27 heavy (non-hydrogen) atoms. The summed E-state index contributed by atoms with van der Waals surface area (Å²) in [5, 5.41) is 7.90. The van der Waals surface area contributed by atoms with Gasteiger partial charge < -0.3 is 10.1 Å². The largest absolute Gasteiger partial charge is 0.424 e. The van der Waals surface area contributed by atoms with E-state index in [-0.39, 0.29) is 21.7 Å². The zero-order chi connectivity index (χ0) is 20.8. The van der Waals surface area contributed by atoms with Crippen LogP contribution in [0.4, 0.5) is 5.69 Å². The molecule has 0 atom stereocenters. The second-order valence-electron chi connectivity index (χ2n) is 8.16. The number of nitrogens with one attached hydrogen (secondary N) is 1. The monoisotopic (exact) mass is 413 g/mol. The predicted octanol–water partition coefficient (Wildman–Crippen LogP) is 2.88. The standard InChI is InChI=1S/C17H23N3O5S2/c1-16(2,3)13(21)20-11-10(25-14(22)17(4,5)6)8-7-9-12(11)26-15(19-9)27(18,23)24/h7-8H,1-6H3,(H,20,21)(H2,18,23,24). The van der Waals surface area contributed by atoms with Gasteiger partial charge in [0.05, 0.1) is 15.6 Å². The fourth-order valence-corrected chi connectivity index (χ4v) is 3.56. The molecule has 0 fully saturated rings. The highest BCUT2D eigenvalue weighted by Gasteiger charge is 2.29. The molecular weight excluding hydrogens is 390 g/mol. The highest BCUT2D eigenvalue weighted by atomic mass is 32.2. The summed E-state index contributed by atoms with van der Waals surface area (Å²) in [4.78, 5) is 28.8. The minimum atomic E-state index is -4.01. The summed E-state index contributed by atoms with van der Waals surface area (Å²) in [6.45, 7) is 10.3. The number of carbonyl (C=O) groups excluding carboxylic acids is 2. The summed E-state index contributed by atoms with van der Waals surface area (Å²) >= 11 is 0.802. The molecule has 1 amide bonds. The molecule has 0 aliphatic heterocycles. The number of primary sulfonamides is 1. The lowest BCUT2D eigenvalue weighted by Crippen LogP contribution is -2.29. The van der Waals surface area contributed by atoms with Crippen LogP contribution >= 0.6 is 11.3 Å². The van der Waals surface area contributed by atoms with E-state index >= 15 is 0 Å². The topological polar surface area (TPSA) is 128 Å². The first-order valence-corrected chi connectivity index (χ1v) is 10.5. The Morgan fingerprint density at radius 2 is 1.70 bits per heavy atom. The van der Waals surface area contributed by atoms with Crippen molar-refractivity contribution in [3.8, 4) is 5.75 Å². The van der Waals surface area contributed by atoms with Gasteiger partial charge in [0, 0.05) is 5.41 Å². The van der Waals surface area contributed by atoms with Crippen molar-refractivity contribution in [2.45, 2.75) is 45.9 Å². The molecule has 148 valence electrons. The van der Waals surface area contributed by atoms with E-state index in [1.807, 2.05) is 0 Å². The van der Waals surface area contributed by atoms with Crippen LogP contribution in [0.3, 0.4) is 0 Å². The van der Waals surface area contributed by atoms with E-state index < -0.39 is 26.8 Å². The number of hydrogen-bond acceptors (Lipinski definition) is 7. The maximum atomic E-state index is 12.5. The number of nitrogens with zero attached hydrogens (tertiary/aromatic N) is 1. The number of thiazole rings is 1. The Kier molecular flexibility index (Phi) is 5.39. The summed E-state index contributed by atoms with van der Waals surface area (Å²) in [5.74, 6) is -0.706. The van der Waals surface area contributed by atoms with E-state index in [9.17, 15) is 18.0 Å². The highest BCUT2D eigenvalue weighted by Crippen LogP contribution is 2.39. The van der Waals surface area contributed by atoms with Gasteiger partial charge in [0.15, 0.2) is 5.75 Å². The second-order valence-corrected chi connectivity index (χ2v) is 10.9. The number of hydrogen-bond donors (Lipinski definition) is 2. The van der Waals surface area contributed by atoms with Crippen molar-refractivity contribution < 1.29 is 22.7 Å². The molecule has 0 saturated heterocycles. The third-order valence-electron chi connectivity index (χ3n) is 3.48. The normalized spacial score (nSPS) is 12.9. The molecule has 3 N–H and O–H groups in total. The first kappa shape index (κ1) is 21.3. The van der Waals surface area contributed by atoms with E-state index in [1.165, 1.54) is 12.1 Å². The van der Waals surface area contributed by atoms with Gasteiger partial charge in [0.1, 0.15) is 5.69 Å². The van der Waals surface area contributed by atoms with Gasteiger partial charge in [-0.3, -0.25) is 9.59 Å². The lowest BCUT2D eigenvalue weighted by Gasteiger charge is -2.21. The Morgan fingerprint density at radius 3 is 2.19 bits per heavy atom. The molecule has 8 nitrogen and oxygen atoms in total. The third kappa shape index (κ3) is 4.82. The number of fused-ring (bicyclic) bond motifs is 1. The van der Waals surface area contributed by atoms with Gasteiger partial charge in [-0.15, -0.1) is 0 Å². The Bertz CT molecular complexity index is 1010. The molecule has 2 aromatic rings. The van der Waals surface area contributed by atoms with Crippen LogP contribution < -0.4 is 15.2 Å². The quantitative estimate of drug-likeness (QED) is 0.588. The molecule has 0 radical (unpaired) electrons. The average Bonchev–Trinajstić information content (AvgIpc) is 2.91. The lowest BCUT2D eigenvalue weighted by molar-refractivity contribution is -0.143. The summed E-state index contributed by atoms with van der Waals surface area (Å²) in [6, 6.07) is 2.98. The number of esters is 1. The van der Waals surface area contributed by atoms with E-state index in [4.69, 9.17) is 9.88 Å². The molecule has 0 aliphatic carbocycles. The van der Waals surface area contributed by atoms with Crippen LogP contribution in [0.1, 0.15) is 41.5 Å². The maximum Gasteiger partial charge on any atom is 0.316 e. The van der Waals surface area contributed by atoms with Gasteiger partial charge in [-0.05, 0) is 32.9 Å². The third-order valence-corrected chi connectivity index (χ3v) is 5.89. The second kappa shape index (κ2) is 6.84. The summed E-state index contributed by atoms with van der Waals surface area (Å²) in [5.41, 5.74) is -0.970. The van der Waals surface area contributed by atoms with Crippen molar-refractivity contribution in [3.05, 3.63) is 12.1 Å². The van der Waals surface area contributed by atoms with Gasteiger partial charge in [-0.1, -0.05) is 32.1 Å². The number of sulfonamides is 1. The summed E-state index contributed by atoms with van der Waals surface area (Å²) in [7, 11) is -4.01. The molecule has 0 spiro atoms. The fraction of sp³-hybridized carbons (Fsp3) is 0.471. The summed E-state index contributed by atoms with van der Waals surface area (Å²) in [6.07, 6.45) is 0. The number of nitrogens with two attached hydrogens (primary N) is 1. The van der Waals surface area contributed by atoms with Crippen LogP contribution in [0.15, 0.2) is 16.5 Å². The fourth-order valence-electron chi connectivity index (χ4n) is 1.83. The number of aromatic nitrogens is 1. The SMILES string of the molecule is CC(C)(C)C(=O)Nc1c(OC(=O)C(C)(C)C)ccc2nc(S(N)(=O)=O)sc12. The van der Waals surface area contributed by atoms with Crippen molar-refractivity contribution in [1.29, 1.82) is 0 Å². The van der Waals surface area contributed by atoms with Crippen molar-refractivity contribution in [3.63, 3.8) is 0 Å². The number of rotatable bonds is 3. The van der Waals surface area contributed by atoms with Gasteiger partial charge in [0.2, 0.25) is 10.2 Å². The average molecular weight is 414 g/mol. The van der Waals surface area contributed by atoms with Gasteiger partial charge >= 0.3 is 5.97 Å². The van der Waals surface area contributed by atoms with Crippen LogP contribution in [0.5, 0.6) is 5.75 Å². The van der Waals surface area contributed by atoms with E-state index in [0.29, 0.717) is 10.2 Å². The van der Waals surface area contributed by atoms with Crippen molar-refractivity contribution in [1.82, 2.24) is 4.98 Å². The Labute approximate surface area is 162 Å². The number of benzene rings is 1. The summed E-state index contributed by atoms with van der Waals surface area (Å²) < 4.78 is 28.8. The zero-order valence-corrected chi connectivity index (χ0v) is 17.7. The minimum absolute atomic E-state index is 0.115. The van der Waals surface area contributed by atoms with Crippen LogP contribution in [-0.4, -0.2) is 25.3 Å². The lowest BCUT2D eigenvalue weighted by atomic mass is 9.95. The first-order valence-electron chi connectivity index (χ1n) is 8.11. The number of ether oxygens (including phenoxy) is 1. The molecule has 0 saturated carbocycles. The van der Waals surface area contributed by atoms with E-state index in [0.717, 1.165) is 11.3 Å². The molecular formula is C17H23N3O5S2. The van der Waals surface area contributed by atoms with Crippen molar-refractivity contribution >= 4 is 49.1 Å². The number of carbonyl (C=O) groups is 2. The molecule has 1 aromatic carbocycles. The minimum Gasteiger partial charge on any atom is -0.424 e. The predicted molar refractivity (Wildman–Crippen MR) is 104 cm³/mol. The van der Waals surface area contributed by atoms with Crippen molar-refractivity contribution in [2.24, 2.45) is 16.0 Å². The van der Waals surface area contributed by atoms with Gasteiger partial charge in [-0.25, -0.2) is 18.5 Å². The molecule has 1 aromatic heterocycles. The molecule has 0 aliphatic rings. The molecule has 0 bridgehead atoms. The first-order chi connectivity index (χ1) is 12.1. The number of anilines is 1. The Morgan fingerprint density at radius 1 is 1.11 bits per heavy atom. The molecule has 1 heterocycles. The smallest absolute Gasteiger partial charge is 0.316 e. The van der Waals surface area contributed by atoms with Crippen molar-refractivity contribution in [2.75, 3.05) is 5.32 Å². The Hall–Kier alpha value is -2.04. The van der Waals surface area contributed by atoms with Crippen LogP contribution in [0.25, 0.3) is 10.2 Å². The molecule has 2 rings (SSSR count). The van der Waals surface area contributed by atoms with Gasteiger partial charge in [0.25, 0.3) is 10.0 Å². The van der Waals surface area contributed by atoms with E-state index in [2.05, 4.69) is 10.3 Å².